The molecule has 0 saturated carbocycles. The molecule has 0 aromatic heterocycles. The lowest BCUT2D eigenvalue weighted by Gasteiger charge is -2.16. The van der Waals surface area contributed by atoms with E-state index >= 15 is 0 Å². The molecule has 0 bridgehead atoms. The molecule has 0 aliphatic carbocycles. The van der Waals surface area contributed by atoms with Crippen LogP contribution >= 0.6 is 11.6 Å². The van der Waals surface area contributed by atoms with Crippen molar-refractivity contribution in [2.24, 2.45) is 10.2 Å². The first-order valence-electron chi connectivity index (χ1n) is 9.88. The van der Waals surface area contributed by atoms with Crippen LogP contribution in [-0.2, 0) is 9.59 Å². The molecule has 32 heavy (non-hydrogen) atoms. The maximum Gasteiger partial charge on any atom is 0.258 e. The van der Waals surface area contributed by atoms with Gasteiger partial charge in [-0.2, -0.15) is 10.2 Å². The molecule has 1 atom stereocenters. The normalized spacial score (nSPS) is 11.7. The summed E-state index contributed by atoms with van der Waals surface area (Å²) in [7, 11) is 2.87. The van der Waals surface area contributed by atoms with Crippen LogP contribution < -0.4 is 24.3 Å². The van der Waals surface area contributed by atoms with Gasteiger partial charge in [0.25, 0.3) is 5.91 Å². The first-order valence-corrected chi connectivity index (χ1v) is 10.3. The Balaban J connectivity index is 2.30. The molecule has 2 rings (SSSR count). The lowest BCUT2D eigenvalue weighted by atomic mass is 10.2. The Kier molecular flexibility index (Phi) is 9.27. The van der Waals surface area contributed by atoms with Crippen molar-refractivity contribution in [1.82, 2.24) is 0 Å². The van der Waals surface area contributed by atoms with E-state index in [2.05, 4.69) is 15.5 Å². The number of halogens is 1. The Hall–Kier alpha value is -3.33. The molecule has 10 heteroatoms. The lowest BCUT2D eigenvalue weighted by molar-refractivity contribution is -0.126. The third kappa shape index (κ3) is 6.10. The number of benzene rings is 2. The highest BCUT2D eigenvalue weighted by molar-refractivity contribution is 6.34. The number of carbonyl (C=O) groups is 2. The minimum Gasteiger partial charge on any atom is -0.493 e. The standard InChI is InChI=1S/C22H26ClN3O6/c1-6-31-16-10-8-14(12-18(16)32-7-2)25-26-19(13(3)27)22(28)24-20-15(23)9-11-17(29-4)21(20)30-5/h8-12,19H,6-7H2,1-5H3,(H,24,28). The first kappa shape index (κ1) is 24.9. The van der Waals surface area contributed by atoms with Crippen molar-refractivity contribution in [3.8, 4) is 23.0 Å². The second-order valence-electron chi connectivity index (χ2n) is 6.37. The highest BCUT2D eigenvalue weighted by Gasteiger charge is 2.26. The van der Waals surface area contributed by atoms with Gasteiger partial charge in [-0.1, -0.05) is 11.6 Å². The van der Waals surface area contributed by atoms with E-state index in [1.165, 1.54) is 27.2 Å². The van der Waals surface area contributed by atoms with E-state index in [-0.39, 0.29) is 16.5 Å². The van der Waals surface area contributed by atoms with E-state index in [1.807, 2.05) is 13.8 Å². The summed E-state index contributed by atoms with van der Waals surface area (Å²) < 4.78 is 21.6. The van der Waals surface area contributed by atoms with Crippen molar-refractivity contribution in [3.63, 3.8) is 0 Å². The zero-order valence-corrected chi connectivity index (χ0v) is 19.4. The fraction of sp³-hybridized carbons (Fsp3) is 0.364. The number of carbonyl (C=O) groups excluding carboxylic acids is 2. The van der Waals surface area contributed by atoms with Crippen molar-refractivity contribution in [1.29, 1.82) is 0 Å². The van der Waals surface area contributed by atoms with Crippen LogP contribution in [0.5, 0.6) is 23.0 Å². The second-order valence-corrected chi connectivity index (χ2v) is 6.78. The molecule has 1 N–H and O–H groups in total. The Morgan fingerprint density at radius 3 is 2.25 bits per heavy atom. The van der Waals surface area contributed by atoms with Crippen LogP contribution in [0.3, 0.4) is 0 Å². The number of hydrogen-bond acceptors (Lipinski definition) is 8. The minimum atomic E-state index is -1.40. The molecule has 2 aromatic rings. The highest BCUT2D eigenvalue weighted by Crippen LogP contribution is 2.40. The smallest absolute Gasteiger partial charge is 0.258 e. The van der Waals surface area contributed by atoms with Crippen molar-refractivity contribution in [3.05, 3.63) is 35.4 Å². The molecule has 1 unspecified atom stereocenters. The van der Waals surface area contributed by atoms with Gasteiger partial charge < -0.3 is 24.3 Å². The molecule has 0 fully saturated rings. The summed E-state index contributed by atoms with van der Waals surface area (Å²) in [6.45, 7) is 5.87. The van der Waals surface area contributed by atoms with E-state index in [4.69, 9.17) is 30.5 Å². The average molecular weight is 464 g/mol. The molecular formula is C22H26ClN3O6. The van der Waals surface area contributed by atoms with Crippen LogP contribution in [0.1, 0.15) is 20.8 Å². The number of hydrogen-bond donors (Lipinski definition) is 1. The maximum atomic E-state index is 12.8. The fourth-order valence-electron chi connectivity index (χ4n) is 2.76. The monoisotopic (exact) mass is 463 g/mol. The summed E-state index contributed by atoms with van der Waals surface area (Å²) in [5.74, 6) is 0.425. The molecule has 0 aliphatic heterocycles. The Morgan fingerprint density at radius 2 is 1.66 bits per heavy atom. The topological polar surface area (TPSA) is 108 Å². The number of ketones is 1. The molecule has 172 valence electrons. The fourth-order valence-corrected chi connectivity index (χ4v) is 2.95. The van der Waals surface area contributed by atoms with Crippen molar-refractivity contribution in [2.45, 2.75) is 26.8 Å². The maximum absolute atomic E-state index is 12.8. The number of amides is 1. The first-order chi connectivity index (χ1) is 15.4. The Morgan fingerprint density at radius 1 is 1.00 bits per heavy atom. The zero-order valence-electron chi connectivity index (χ0n) is 18.6. The van der Waals surface area contributed by atoms with E-state index in [9.17, 15) is 9.59 Å². The van der Waals surface area contributed by atoms with Gasteiger partial charge in [0, 0.05) is 6.07 Å². The van der Waals surface area contributed by atoms with Gasteiger partial charge in [0.1, 0.15) is 5.69 Å². The number of azo groups is 1. The summed E-state index contributed by atoms with van der Waals surface area (Å²) in [4.78, 5) is 24.9. The van der Waals surface area contributed by atoms with E-state index in [1.54, 1.807) is 24.3 Å². The zero-order chi connectivity index (χ0) is 23.7. The van der Waals surface area contributed by atoms with E-state index in [0.29, 0.717) is 36.1 Å². The SMILES string of the molecule is CCOc1ccc(N=NC(C(C)=O)C(=O)Nc2c(Cl)ccc(OC)c2OC)cc1OCC. The van der Waals surface area contributed by atoms with Crippen molar-refractivity contribution < 1.29 is 28.5 Å². The van der Waals surface area contributed by atoms with Gasteiger partial charge >= 0.3 is 0 Å². The molecule has 2 aromatic carbocycles. The predicted molar refractivity (Wildman–Crippen MR) is 121 cm³/mol. The molecule has 0 saturated heterocycles. The van der Waals surface area contributed by atoms with Crippen LogP contribution in [0.25, 0.3) is 0 Å². The predicted octanol–water partition coefficient (Wildman–Crippen LogP) is 4.83. The van der Waals surface area contributed by atoms with Gasteiger partial charge in [0.2, 0.25) is 6.04 Å². The minimum absolute atomic E-state index is 0.166. The molecule has 0 aliphatic rings. The Bertz CT molecular complexity index is 996. The number of anilines is 1. The average Bonchev–Trinajstić information content (AvgIpc) is 2.76. The number of methoxy groups -OCH3 is 2. The molecule has 0 radical (unpaired) electrons. The summed E-state index contributed by atoms with van der Waals surface area (Å²) in [6, 6.07) is 6.69. The van der Waals surface area contributed by atoms with Crippen LogP contribution in [-0.4, -0.2) is 45.2 Å². The molecule has 0 spiro atoms. The van der Waals surface area contributed by atoms with Crippen LogP contribution in [0.15, 0.2) is 40.6 Å². The van der Waals surface area contributed by atoms with Gasteiger partial charge in [0.05, 0.1) is 38.1 Å². The van der Waals surface area contributed by atoms with Gasteiger partial charge in [0.15, 0.2) is 28.8 Å². The van der Waals surface area contributed by atoms with E-state index < -0.39 is 17.7 Å². The second kappa shape index (κ2) is 11.9. The van der Waals surface area contributed by atoms with Crippen molar-refractivity contribution in [2.75, 3.05) is 32.8 Å². The third-order valence-corrected chi connectivity index (χ3v) is 4.51. The van der Waals surface area contributed by atoms with Gasteiger partial charge in [-0.05, 0) is 45.0 Å². The quantitative estimate of drug-likeness (QED) is 0.377. The summed E-state index contributed by atoms with van der Waals surface area (Å²) in [5.41, 5.74) is 0.563. The molecule has 9 nitrogen and oxygen atoms in total. The van der Waals surface area contributed by atoms with Crippen LogP contribution in [0.2, 0.25) is 5.02 Å². The lowest BCUT2D eigenvalue weighted by Crippen LogP contribution is -2.32. The molecule has 0 heterocycles. The number of nitrogens with zero attached hydrogens (tertiary/aromatic N) is 2. The largest absolute Gasteiger partial charge is 0.493 e. The molecule has 1 amide bonds. The van der Waals surface area contributed by atoms with Gasteiger partial charge in [-0.3, -0.25) is 9.59 Å². The highest BCUT2D eigenvalue weighted by atomic mass is 35.5. The van der Waals surface area contributed by atoms with Crippen LogP contribution in [0.4, 0.5) is 11.4 Å². The Labute approximate surface area is 191 Å². The van der Waals surface area contributed by atoms with E-state index in [0.717, 1.165) is 0 Å². The number of ether oxygens (including phenoxy) is 4. The number of Topliss-reactive ketones (excluding diaryl/α,β-unsaturated/α-hetero) is 1. The summed E-state index contributed by atoms with van der Waals surface area (Å²) in [6.07, 6.45) is 0. The third-order valence-electron chi connectivity index (χ3n) is 4.19. The van der Waals surface area contributed by atoms with Gasteiger partial charge in [-0.25, -0.2) is 0 Å². The van der Waals surface area contributed by atoms with Gasteiger partial charge in [-0.15, -0.1) is 0 Å². The number of nitrogens with one attached hydrogen (secondary N) is 1. The number of rotatable bonds is 11. The molecular weight excluding hydrogens is 438 g/mol. The summed E-state index contributed by atoms with van der Waals surface area (Å²) >= 11 is 6.21. The summed E-state index contributed by atoms with van der Waals surface area (Å²) in [5, 5.41) is 10.8. The van der Waals surface area contributed by atoms with Crippen molar-refractivity contribution >= 4 is 34.7 Å². The van der Waals surface area contributed by atoms with Crippen LogP contribution in [0, 0.1) is 0 Å².